The summed E-state index contributed by atoms with van der Waals surface area (Å²) in [6, 6.07) is 0. The number of rotatable bonds is 2. The molecular weight excluding hydrogens is 172 g/mol. The zero-order chi connectivity index (χ0) is 10.8. The van der Waals surface area contributed by atoms with E-state index in [0.29, 0.717) is 11.7 Å². The molecule has 0 bridgehead atoms. The zero-order valence-electron chi connectivity index (χ0n) is 10.1. The summed E-state index contributed by atoms with van der Waals surface area (Å²) >= 11 is 0. The Balaban J connectivity index is 2.71. The average Bonchev–Trinajstić information content (AvgIpc) is 2.02. The molecule has 1 fully saturated rings. The lowest BCUT2D eigenvalue weighted by molar-refractivity contribution is -0.126. The number of Topliss-reactive ketones (excluding diaryl/α,β-unsaturated/α-hetero) is 1. The summed E-state index contributed by atoms with van der Waals surface area (Å²) in [6.45, 7) is 8.37. The molecule has 0 aromatic carbocycles. The fraction of sp³-hybridized carbons (Fsp3) is 0.923. The Morgan fingerprint density at radius 2 is 1.64 bits per heavy atom. The van der Waals surface area contributed by atoms with Gasteiger partial charge in [-0.05, 0) is 31.1 Å². The van der Waals surface area contributed by atoms with Crippen LogP contribution in [-0.4, -0.2) is 5.78 Å². The van der Waals surface area contributed by atoms with E-state index in [1.807, 2.05) is 0 Å². The molecule has 0 saturated heterocycles. The van der Waals surface area contributed by atoms with Crippen LogP contribution < -0.4 is 0 Å². The topological polar surface area (TPSA) is 17.1 Å². The molecule has 0 amide bonds. The van der Waals surface area contributed by atoms with Crippen molar-refractivity contribution in [2.24, 2.45) is 17.3 Å². The highest BCUT2D eigenvalue weighted by Gasteiger charge is 2.35. The van der Waals surface area contributed by atoms with Crippen molar-refractivity contribution >= 4 is 5.78 Å². The molecule has 1 nitrogen and oxygen atoms in total. The minimum absolute atomic E-state index is 0.147. The summed E-state index contributed by atoms with van der Waals surface area (Å²) in [7, 11) is 0. The van der Waals surface area contributed by atoms with E-state index in [4.69, 9.17) is 0 Å². The van der Waals surface area contributed by atoms with Crippen LogP contribution in [0.1, 0.15) is 59.8 Å². The van der Waals surface area contributed by atoms with Crippen molar-refractivity contribution in [2.45, 2.75) is 59.8 Å². The van der Waals surface area contributed by atoms with Crippen LogP contribution >= 0.6 is 0 Å². The number of ketones is 1. The predicted molar refractivity (Wildman–Crippen MR) is 60.2 cm³/mol. The minimum atomic E-state index is 0.147. The smallest absolute Gasteiger partial charge is 0.133 e. The van der Waals surface area contributed by atoms with Crippen molar-refractivity contribution in [3.05, 3.63) is 0 Å². The predicted octanol–water partition coefficient (Wildman–Crippen LogP) is 3.82. The first-order valence-corrected chi connectivity index (χ1v) is 5.93. The summed E-state index contributed by atoms with van der Waals surface area (Å²) in [5, 5.41) is 0. The van der Waals surface area contributed by atoms with Crippen LogP contribution in [0.15, 0.2) is 0 Å². The Kier molecular flexibility index (Phi) is 3.74. The van der Waals surface area contributed by atoms with Gasteiger partial charge in [0.2, 0.25) is 0 Å². The normalized spacial score (nSPS) is 22.0. The molecule has 0 radical (unpaired) electrons. The molecule has 0 heterocycles. The molecule has 1 atom stereocenters. The van der Waals surface area contributed by atoms with Gasteiger partial charge in [0.25, 0.3) is 0 Å². The van der Waals surface area contributed by atoms with Crippen molar-refractivity contribution in [2.75, 3.05) is 0 Å². The third-order valence-electron chi connectivity index (χ3n) is 3.49. The molecule has 1 saturated carbocycles. The molecule has 1 rings (SSSR count). The van der Waals surface area contributed by atoms with E-state index in [9.17, 15) is 4.79 Å². The van der Waals surface area contributed by atoms with Crippen molar-refractivity contribution in [1.29, 1.82) is 0 Å². The second-order valence-corrected chi connectivity index (χ2v) is 5.85. The van der Waals surface area contributed by atoms with Gasteiger partial charge in [0.05, 0.1) is 0 Å². The number of hydrogen-bond acceptors (Lipinski definition) is 1. The Morgan fingerprint density at radius 3 is 2.00 bits per heavy atom. The summed E-state index contributed by atoms with van der Waals surface area (Å²) < 4.78 is 0. The summed E-state index contributed by atoms with van der Waals surface area (Å²) in [5.74, 6) is 1.33. The van der Waals surface area contributed by atoms with Gasteiger partial charge >= 0.3 is 0 Å². The van der Waals surface area contributed by atoms with Crippen molar-refractivity contribution in [1.82, 2.24) is 0 Å². The highest BCUT2D eigenvalue weighted by molar-refractivity contribution is 5.79. The second kappa shape index (κ2) is 4.46. The van der Waals surface area contributed by atoms with Gasteiger partial charge in [0.1, 0.15) is 5.78 Å². The molecule has 0 aromatic heterocycles. The molecule has 0 aliphatic heterocycles. The first-order valence-electron chi connectivity index (χ1n) is 5.93. The summed E-state index contributed by atoms with van der Waals surface area (Å²) in [6.07, 6.45) is 6.54. The molecule has 0 spiro atoms. The van der Waals surface area contributed by atoms with Gasteiger partial charge in [-0.15, -0.1) is 0 Å². The third-order valence-corrected chi connectivity index (χ3v) is 3.49. The maximum absolute atomic E-state index is 11.7. The highest BCUT2D eigenvalue weighted by Crippen LogP contribution is 2.40. The van der Waals surface area contributed by atoms with E-state index in [2.05, 4.69) is 20.8 Å². The number of hydrogen-bond donors (Lipinski definition) is 0. The Hall–Kier alpha value is -0.330. The maximum atomic E-state index is 11.7. The quantitative estimate of drug-likeness (QED) is 0.656. The van der Waals surface area contributed by atoms with Gasteiger partial charge in [-0.2, -0.15) is 0 Å². The SMILES string of the molecule is CC(=O)[C@H](C1CCCCC1)C(C)(C)C. The van der Waals surface area contributed by atoms with Crippen LogP contribution in [0.2, 0.25) is 0 Å². The monoisotopic (exact) mass is 196 g/mol. The van der Waals surface area contributed by atoms with Gasteiger partial charge in [0, 0.05) is 5.92 Å². The fourth-order valence-electron chi connectivity index (χ4n) is 3.12. The van der Waals surface area contributed by atoms with Crippen LogP contribution in [0.3, 0.4) is 0 Å². The lowest BCUT2D eigenvalue weighted by Gasteiger charge is -2.37. The van der Waals surface area contributed by atoms with Gasteiger partial charge in [0.15, 0.2) is 0 Å². The molecule has 0 aromatic rings. The Labute approximate surface area is 88.3 Å². The van der Waals surface area contributed by atoms with Crippen molar-refractivity contribution < 1.29 is 4.79 Å². The second-order valence-electron chi connectivity index (χ2n) is 5.85. The van der Waals surface area contributed by atoms with E-state index in [-0.39, 0.29) is 11.3 Å². The van der Waals surface area contributed by atoms with Gasteiger partial charge in [-0.3, -0.25) is 4.79 Å². The van der Waals surface area contributed by atoms with Crippen LogP contribution in [-0.2, 0) is 4.79 Å². The van der Waals surface area contributed by atoms with Crippen LogP contribution in [0, 0.1) is 17.3 Å². The molecule has 0 unspecified atom stereocenters. The molecule has 1 heteroatoms. The van der Waals surface area contributed by atoms with Crippen LogP contribution in [0.25, 0.3) is 0 Å². The van der Waals surface area contributed by atoms with E-state index < -0.39 is 0 Å². The summed E-state index contributed by atoms with van der Waals surface area (Å²) in [5.41, 5.74) is 0.147. The van der Waals surface area contributed by atoms with E-state index in [0.717, 1.165) is 0 Å². The van der Waals surface area contributed by atoms with Crippen molar-refractivity contribution in [3.8, 4) is 0 Å². The fourth-order valence-corrected chi connectivity index (χ4v) is 3.12. The van der Waals surface area contributed by atoms with E-state index in [1.165, 1.54) is 32.1 Å². The lowest BCUT2D eigenvalue weighted by Crippen LogP contribution is -2.34. The number of carbonyl (C=O) groups is 1. The highest BCUT2D eigenvalue weighted by atomic mass is 16.1. The van der Waals surface area contributed by atoms with Crippen molar-refractivity contribution in [3.63, 3.8) is 0 Å². The largest absolute Gasteiger partial charge is 0.300 e. The molecule has 82 valence electrons. The molecule has 14 heavy (non-hydrogen) atoms. The Morgan fingerprint density at radius 1 is 1.14 bits per heavy atom. The van der Waals surface area contributed by atoms with E-state index in [1.54, 1.807) is 6.92 Å². The standard InChI is InChI=1S/C13H24O/c1-10(14)12(13(2,3)4)11-8-6-5-7-9-11/h11-12H,5-9H2,1-4H3/t12-/m1/s1. The summed E-state index contributed by atoms with van der Waals surface area (Å²) in [4.78, 5) is 11.7. The van der Waals surface area contributed by atoms with Gasteiger partial charge in [-0.25, -0.2) is 0 Å². The molecule has 0 N–H and O–H groups in total. The third kappa shape index (κ3) is 2.83. The van der Waals surface area contributed by atoms with Crippen LogP contribution in [0.4, 0.5) is 0 Å². The first kappa shape index (κ1) is 11.7. The lowest BCUT2D eigenvalue weighted by atomic mass is 9.67. The number of carbonyl (C=O) groups excluding carboxylic acids is 1. The first-order chi connectivity index (χ1) is 6.43. The van der Waals surface area contributed by atoms with Crippen LogP contribution in [0.5, 0.6) is 0 Å². The van der Waals surface area contributed by atoms with E-state index >= 15 is 0 Å². The molecular formula is C13H24O. The molecule has 1 aliphatic rings. The zero-order valence-corrected chi connectivity index (χ0v) is 10.1. The van der Waals surface area contributed by atoms with Gasteiger partial charge in [-0.1, -0.05) is 40.0 Å². The van der Waals surface area contributed by atoms with Gasteiger partial charge < -0.3 is 0 Å². The average molecular weight is 196 g/mol. The molecule has 1 aliphatic carbocycles. The minimum Gasteiger partial charge on any atom is -0.300 e. The maximum Gasteiger partial charge on any atom is 0.133 e. The Bertz CT molecular complexity index is 194.